The van der Waals surface area contributed by atoms with E-state index >= 15 is 0 Å². The number of nitrogens with two attached hydrogens (primary N) is 2. The zero-order chi connectivity index (χ0) is 24.4. The molecule has 0 aromatic heterocycles. The van der Waals surface area contributed by atoms with Crippen molar-refractivity contribution in [3.8, 4) is 12.3 Å². The lowest BCUT2D eigenvalue weighted by molar-refractivity contribution is -0.122. The minimum atomic E-state index is -0.376. The quantitative estimate of drug-likeness (QED) is 0.112. The third kappa shape index (κ3) is 7.07. The van der Waals surface area contributed by atoms with Crippen LogP contribution in [0.2, 0.25) is 0 Å². The van der Waals surface area contributed by atoms with Crippen LogP contribution in [0, 0.1) is 18.2 Å². The van der Waals surface area contributed by atoms with Crippen LogP contribution in [0.4, 0.5) is 15.8 Å². The average Bonchev–Trinajstić information content (AvgIpc) is 2.82. The lowest BCUT2D eigenvalue weighted by atomic mass is 10.2. The van der Waals surface area contributed by atoms with Crippen molar-refractivity contribution in [2.24, 2.45) is 16.6 Å². The second-order valence-corrected chi connectivity index (χ2v) is 7.86. The highest BCUT2D eigenvalue weighted by atomic mass is 19.1. The summed E-state index contributed by atoms with van der Waals surface area (Å²) < 4.78 is 14.8. The monoisotopic (exact) mass is 455 g/mol. The lowest BCUT2D eigenvalue weighted by Crippen LogP contribution is -2.49. The summed E-state index contributed by atoms with van der Waals surface area (Å²) >= 11 is 0. The minimum absolute atomic E-state index is 0.0352. The Labute approximate surface area is 196 Å². The second kappa shape index (κ2) is 12.6. The number of anilines is 2. The Balaban J connectivity index is 2.00. The van der Waals surface area contributed by atoms with E-state index in [1.165, 1.54) is 40.7 Å². The molecule has 1 aliphatic rings. The molecule has 0 saturated carbocycles. The van der Waals surface area contributed by atoms with Crippen LogP contribution >= 0.6 is 0 Å². The van der Waals surface area contributed by atoms with Crippen molar-refractivity contribution in [1.29, 1.82) is 0 Å². The molecule has 1 heterocycles. The van der Waals surface area contributed by atoms with Crippen molar-refractivity contribution in [1.82, 2.24) is 9.80 Å². The van der Waals surface area contributed by atoms with Crippen molar-refractivity contribution < 1.29 is 9.18 Å². The van der Waals surface area contributed by atoms with E-state index in [0.29, 0.717) is 24.0 Å². The standard InChI is InChI=1S/C24H34FN7O/c1-5-20(8-7-11-26)24(33)29(6-2)17-28-18-32(27)21-9-10-23(22(25)16-21)31-14-12-30(13-15-31)19(3)4/h1,7-11,16-17,19H,6,12-15,18,26-27H2,2-4H3/b11-7+,20-8-,28-17+. The second-order valence-electron chi connectivity index (χ2n) is 7.86. The van der Waals surface area contributed by atoms with E-state index in [9.17, 15) is 9.18 Å². The third-order valence-electron chi connectivity index (χ3n) is 5.46. The van der Waals surface area contributed by atoms with Gasteiger partial charge in [-0.05, 0) is 51.3 Å². The highest BCUT2D eigenvalue weighted by Crippen LogP contribution is 2.25. The normalized spacial score (nSPS) is 15.4. The molecule has 1 aliphatic heterocycles. The van der Waals surface area contributed by atoms with E-state index in [1.807, 2.05) is 0 Å². The number of likely N-dealkylation sites (N-methyl/N-ethyl adjacent to an activating group) is 1. The van der Waals surface area contributed by atoms with Gasteiger partial charge in [0.2, 0.25) is 0 Å². The van der Waals surface area contributed by atoms with Crippen molar-refractivity contribution >= 4 is 23.6 Å². The van der Waals surface area contributed by atoms with Crippen molar-refractivity contribution in [2.45, 2.75) is 26.8 Å². The molecule has 0 spiro atoms. The summed E-state index contributed by atoms with van der Waals surface area (Å²) in [5, 5.41) is 1.31. The fourth-order valence-electron chi connectivity index (χ4n) is 3.48. The van der Waals surface area contributed by atoms with Crippen molar-refractivity contribution in [3.05, 3.63) is 47.9 Å². The van der Waals surface area contributed by atoms with Gasteiger partial charge in [-0.15, -0.1) is 6.42 Å². The topological polar surface area (TPSA) is 94.4 Å². The maximum Gasteiger partial charge on any atom is 0.267 e. The van der Waals surface area contributed by atoms with Gasteiger partial charge < -0.3 is 10.6 Å². The molecule has 0 aliphatic carbocycles. The van der Waals surface area contributed by atoms with Gasteiger partial charge in [-0.2, -0.15) is 0 Å². The molecule has 0 bridgehead atoms. The summed E-state index contributed by atoms with van der Waals surface area (Å²) in [4.78, 5) is 22.5. The molecule has 178 valence electrons. The molecule has 0 unspecified atom stereocenters. The summed E-state index contributed by atoms with van der Waals surface area (Å²) in [5.41, 5.74) is 6.50. The molecule has 0 atom stereocenters. The Kier molecular flexibility index (Phi) is 9.91. The van der Waals surface area contributed by atoms with Gasteiger partial charge in [-0.25, -0.2) is 10.2 Å². The number of terminal acetylenes is 1. The number of hydrogen-bond acceptors (Lipinski definition) is 7. The molecule has 4 N–H and O–H groups in total. The molecule has 1 aromatic rings. The Morgan fingerprint density at radius 3 is 2.58 bits per heavy atom. The number of carbonyl (C=O) groups is 1. The van der Waals surface area contributed by atoms with Gasteiger partial charge in [0, 0.05) is 44.8 Å². The van der Waals surface area contributed by atoms with E-state index in [-0.39, 0.29) is 24.0 Å². The molecule has 1 aromatic carbocycles. The molecule has 0 radical (unpaired) electrons. The van der Waals surface area contributed by atoms with Crippen LogP contribution in [0.1, 0.15) is 20.8 Å². The van der Waals surface area contributed by atoms with Gasteiger partial charge >= 0.3 is 0 Å². The zero-order valence-electron chi connectivity index (χ0n) is 19.6. The first-order valence-corrected chi connectivity index (χ1v) is 11.0. The van der Waals surface area contributed by atoms with Crippen LogP contribution in [0.15, 0.2) is 47.1 Å². The SMILES string of the molecule is C#C/C(=C/C=C/N)C(=O)N(/C=N/CN(N)c1ccc(N2CCN(C(C)C)CC2)c(F)c1)CC. The van der Waals surface area contributed by atoms with E-state index in [1.54, 1.807) is 19.1 Å². The lowest BCUT2D eigenvalue weighted by Gasteiger charge is -2.38. The Hall–Kier alpha value is -3.35. The number of piperazine rings is 1. The third-order valence-corrected chi connectivity index (χ3v) is 5.46. The van der Waals surface area contributed by atoms with Gasteiger partial charge in [0.05, 0.1) is 23.3 Å². The summed E-state index contributed by atoms with van der Waals surface area (Å²) in [6.45, 7) is 9.91. The predicted molar refractivity (Wildman–Crippen MR) is 133 cm³/mol. The van der Waals surface area contributed by atoms with Gasteiger partial charge in [0.1, 0.15) is 12.5 Å². The number of amides is 1. The average molecular weight is 456 g/mol. The molecular weight excluding hydrogens is 421 g/mol. The van der Waals surface area contributed by atoms with E-state index in [0.717, 1.165) is 26.2 Å². The number of nitrogens with zero attached hydrogens (tertiary/aromatic N) is 5. The minimum Gasteiger partial charge on any atom is -0.405 e. The first-order valence-electron chi connectivity index (χ1n) is 11.0. The fraction of sp³-hybridized carbons (Fsp3) is 0.417. The van der Waals surface area contributed by atoms with E-state index in [2.05, 4.69) is 34.6 Å². The number of aliphatic imine (C=N–C) groups is 1. The number of carbonyl (C=O) groups excluding carboxylic acids is 1. The maximum absolute atomic E-state index is 14.8. The van der Waals surface area contributed by atoms with Crippen LogP contribution in [0.25, 0.3) is 0 Å². The van der Waals surface area contributed by atoms with Gasteiger partial charge in [-0.3, -0.25) is 24.6 Å². The van der Waals surface area contributed by atoms with Gasteiger partial charge in [0.15, 0.2) is 0 Å². The molecule has 8 nitrogen and oxygen atoms in total. The van der Waals surface area contributed by atoms with Crippen LogP contribution < -0.4 is 21.5 Å². The zero-order valence-corrected chi connectivity index (χ0v) is 19.6. The molecule has 9 heteroatoms. The Morgan fingerprint density at radius 1 is 1.33 bits per heavy atom. The molecule has 2 rings (SSSR count). The maximum atomic E-state index is 14.8. The summed E-state index contributed by atoms with van der Waals surface area (Å²) in [5.74, 6) is 7.70. The molecule has 1 saturated heterocycles. The van der Waals surface area contributed by atoms with Gasteiger partial charge in [0.25, 0.3) is 5.91 Å². The summed E-state index contributed by atoms with van der Waals surface area (Å²) in [6, 6.07) is 5.40. The van der Waals surface area contributed by atoms with Crippen LogP contribution in [0.3, 0.4) is 0 Å². The van der Waals surface area contributed by atoms with Crippen molar-refractivity contribution in [2.75, 3.05) is 49.3 Å². The fourth-order valence-corrected chi connectivity index (χ4v) is 3.48. The number of allylic oxidation sites excluding steroid dienone is 2. The highest BCUT2D eigenvalue weighted by molar-refractivity contribution is 6.03. The number of rotatable bonds is 9. The first kappa shape index (κ1) is 25.9. The number of halogens is 1. The van der Waals surface area contributed by atoms with E-state index in [4.69, 9.17) is 18.0 Å². The molecule has 1 fully saturated rings. The Bertz CT molecular complexity index is 927. The van der Waals surface area contributed by atoms with Crippen LogP contribution in [0.5, 0.6) is 0 Å². The van der Waals surface area contributed by atoms with Crippen LogP contribution in [-0.2, 0) is 4.79 Å². The summed E-state index contributed by atoms with van der Waals surface area (Å²) in [6.07, 6.45) is 11.0. The Morgan fingerprint density at radius 2 is 2.03 bits per heavy atom. The van der Waals surface area contributed by atoms with Gasteiger partial charge in [-0.1, -0.05) is 5.92 Å². The highest BCUT2D eigenvalue weighted by Gasteiger charge is 2.21. The first-order chi connectivity index (χ1) is 15.8. The van der Waals surface area contributed by atoms with Crippen LogP contribution in [-0.4, -0.2) is 67.5 Å². The van der Waals surface area contributed by atoms with E-state index < -0.39 is 0 Å². The summed E-state index contributed by atoms with van der Waals surface area (Å²) in [7, 11) is 0. The van der Waals surface area contributed by atoms with Crippen molar-refractivity contribution in [3.63, 3.8) is 0 Å². The smallest absolute Gasteiger partial charge is 0.267 e. The predicted octanol–water partition coefficient (Wildman–Crippen LogP) is 1.90. The largest absolute Gasteiger partial charge is 0.405 e. The molecular formula is C24H34FN7O. The number of benzene rings is 1. The number of hydrogen-bond donors (Lipinski definition) is 2. The number of hydrazine groups is 1. The molecule has 1 amide bonds. The molecule has 33 heavy (non-hydrogen) atoms.